The Kier molecular flexibility index (Phi) is 7.76. The second-order valence-corrected chi connectivity index (χ2v) is 8.59. The second kappa shape index (κ2) is 10.7. The molecule has 0 aliphatic carbocycles. The molecule has 164 valence electrons. The molecule has 1 heterocycles. The van der Waals surface area contributed by atoms with Crippen LogP contribution in [0, 0.1) is 0 Å². The minimum absolute atomic E-state index is 0.494. The van der Waals surface area contributed by atoms with Crippen molar-refractivity contribution in [2.75, 3.05) is 23.0 Å². The summed E-state index contributed by atoms with van der Waals surface area (Å²) in [4.78, 5) is 15.2. The summed E-state index contributed by atoms with van der Waals surface area (Å²) in [6.07, 6.45) is 3.12. The van der Waals surface area contributed by atoms with Gasteiger partial charge in [0.2, 0.25) is 0 Å². The molecular formula is C26H33N3O2. The molecule has 31 heavy (non-hydrogen) atoms. The monoisotopic (exact) mass is 419 g/mol. The molecular weight excluding hydrogens is 386 g/mol. The molecule has 5 heteroatoms. The number of hydrogen-bond acceptors (Lipinski definition) is 4. The summed E-state index contributed by atoms with van der Waals surface area (Å²) in [7, 11) is 0. The fraction of sp³-hybridized carbons (Fsp3) is 0.346. The molecule has 0 spiro atoms. The summed E-state index contributed by atoms with van der Waals surface area (Å²) < 4.78 is 5.57. The number of piperidine rings is 1. The summed E-state index contributed by atoms with van der Waals surface area (Å²) in [6.45, 7) is 7.61. The highest BCUT2D eigenvalue weighted by Gasteiger charge is 2.23. The maximum Gasteiger partial charge on any atom is 0.426 e. The summed E-state index contributed by atoms with van der Waals surface area (Å²) >= 11 is 0. The lowest BCUT2D eigenvalue weighted by Crippen LogP contribution is -2.43. The molecule has 0 saturated carbocycles. The van der Waals surface area contributed by atoms with E-state index in [1.54, 1.807) is 0 Å². The van der Waals surface area contributed by atoms with Gasteiger partial charge in [0, 0.05) is 13.1 Å². The standard InChI is InChI=1S/C26H33N3O2/c1-26(2,3)31-25(30)27-29(22-16-10-7-5-4-6-8-11-17-22)24-19-13-12-18-23(24)28-20-14-9-15-21-28/h4-8,10-13,16-19H,9,14-15,20-21H2,1-3H3,(H,27,30). The first-order chi connectivity index (χ1) is 14.9. The zero-order valence-corrected chi connectivity index (χ0v) is 18.8. The highest BCUT2D eigenvalue weighted by atomic mass is 16.6. The van der Waals surface area contributed by atoms with Crippen molar-refractivity contribution in [3.63, 3.8) is 0 Å². The van der Waals surface area contributed by atoms with Crippen LogP contribution in [0.1, 0.15) is 40.0 Å². The van der Waals surface area contributed by atoms with Crippen molar-refractivity contribution in [1.82, 2.24) is 5.43 Å². The van der Waals surface area contributed by atoms with E-state index >= 15 is 0 Å². The number of nitrogens with zero attached hydrogens (tertiary/aromatic N) is 2. The fourth-order valence-electron chi connectivity index (χ4n) is 3.55. The van der Waals surface area contributed by atoms with Crippen LogP contribution in [0.3, 0.4) is 0 Å². The summed E-state index contributed by atoms with van der Waals surface area (Å²) in [5.74, 6) is 0. The quantitative estimate of drug-likeness (QED) is 0.584. The summed E-state index contributed by atoms with van der Waals surface area (Å²) in [5, 5.41) is 1.82. The van der Waals surface area contributed by atoms with Crippen molar-refractivity contribution < 1.29 is 9.53 Å². The van der Waals surface area contributed by atoms with Gasteiger partial charge >= 0.3 is 6.09 Å². The van der Waals surface area contributed by atoms with Gasteiger partial charge in [-0.05, 0) is 64.3 Å². The number of benzene rings is 1. The molecule has 1 saturated heterocycles. The fourth-order valence-corrected chi connectivity index (χ4v) is 3.55. The predicted molar refractivity (Wildman–Crippen MR) is 128 cm³/mol. The van der Waals surface area contributed by atoms with Crippen LogP contribution < -0.4 is 15.3 Å². The zero-order valence-electron chi connectivity index (χ0n) is 18.8. The number of amides is 1. The first kappa shape index (κ1) is 22.5. The Morgan fingerprint density at radius 2 is 1.39 bits per heavy atom. The van der Waals surface area contributed by atoms with Crippen LogP contribution >= 0.6 is 0 Å². The molecule has 1 amide bonds. The maximum atomic E-state index is 12.8. The lowest BCUT2D eigenvalue weighted by molar-refractivity contribution is 0.0528. The van der Waals surface area contributed by atoms with Crippen molar-refractivity contribution in [1.29, 1.82) is 0 Å². The van der Waals surface area contributed by atoms with Crippen LogP contribution in [0.4, 0.5) is 21.9 Å². The van der Waals surface area contributed by atoms with E-state index in [0.29, 0.717) is 0 Å². The van der Waals surface area contributed by atoms with Gasteiger partial charge in [-0.2, -0.15) is 0 Å². The minimum Gasteiger partial charge on any atom is -0.443 e. The Bertz CT molecular complexity index is 891. The van der Waals surface area contributed by atoms with Crippen molar-refractivity contribution >= 4 is 23.2 Å². The van der Waals surface area contributed by atoms with E-state index < -0.39 is 11.7 Å². The van der Waals surface area contributed by atoms with Crippen LogP contribution in [0.15, 0.2) is 78.9 Å². The van der Waals surface area contributed by atoms with E-state index in [-0.39, 0.29) is 0 Å². The molecule has 2 aromatic rings. The summed E-state index contributed by atoms with van der Waals surface area (Å²) in [6, 6.07) is 25.9. The van der Waals surface area contributed by atoms with Crippen molar-refractivity contribution in [3.05, 3.63) is 78.9 Å². The van der Waals surface area contributed by atoms with Gasteiger partial charge < -0.3 is 9.64 Å². The Morgan fingerprint density at radius 3 is 2.00 bits per heavy atom. The smallest absolute Gasteiger partial charge is 0.426 e. The number of hydrogen-bond donors (Lipinski definition) is 1. The Morgan fingerprint density at radius 1 is 0.839 bits per heavy atom. The van der Waals surface area contributed by atoms with Gasteiger partial charge in [-0.15, -0.1) is 0 Å². The number of carbonyl (C=O) groups is 1. The van der Waals surface area contributed by atoms with Gasteiger partial charge in [0.25, 0.3) is 0 Å². The maximum absolute atomic E-state index is 12.8. The average molecular weight is 420 g/mol. The van der Waals surface area contributed by atoms with E-state index in [9.17, 15) is 4.79 Å². The molecule has 0 radical (unpaired) electrons. The van der Waals surface area contributed by atoms with E-state index in [1.807, 2.05) is 98.6 Å². The number of rotatable bonds is 4. The first-order valence-corrected chi connectivity index (χ1v) is 11.0. The largest absolute Gasteiger partial charge is 0.443 e. The van der Waals surface area contributed by atoms with Crippen LogP contribution in [0.5, 0.6) is 0 Å². The first-order valence-electron chi connectivity index (χ1n) is 11.0. The van der Waals surface area contributed by atoms with Crippen LogP contribution in [-0.2, 0) is 4.74 Å². The van der Waals surface area contributed by atoms with E-state index in [1.165, 1.54) is 19.3 Å². The molecule has 1 fully saturated rings. The van der Waals surface area contributed by atoms with Crippen LogP contribution in [-0.4, -0.2) is 24.8 Å². The molecule has 0 bridgehead atoms. The number of anilines is 3. The molecule has 1 aliphatic rings. The van der Waals surface area contributed by atoms with Crippen LogP contribution in [0.2, 0.25) is 0 Å². The normalized spacial score (nSPS) is 13.7. The summed E-state index contributed by atoms with van der Waals surface area (Å²) in [5.41, 5.74) is 5.23. The van der Waals surface area contributed by atoms with Gasteiger partial charge in [0.05, 0.1) is 17.1 Å². The van der Waals surface area contributed by atoms with Gasteiger partial charge in [0.1, 0.15) is 5.60 Å². The van der Waals surface area contributed by atoms with Gasteiger partial charge in [-0.25, -0.2) is 15.2 Å². The Balaban J connectivity index is 2.06. The van der Waals surface area contributed by atoms with Gasteiger partial charge in [-0.1, -0.05) is 54.6 Å². The van der Waals surface area contributed by atoms with Crippen molar-refractivity contribution in [2.24, 2.45) is 0 Å². The highest BCUT2D eigenvalue weighted by Crippen LogP contribution is 2.34. The van der Waals surface area contributed by atoms with E-state index in [4.69, 9.17) is 4.74 Å². The topological polar surface area (TPSA) is 44.8 Å². The van der Waals surface area contributed by atoms with Crippen LogP contribution in [0.25, 0.3) is 0 Å². The number of carbonyl (C=O) groups excluding carboxylic acids is 1. The van der Waals surface area contributed by atoms with E-state index in [2.05, 4.69) is 16.4 Å². The molecule has 0 aromatic heterocycles. The second-order valence-electron chi connectivity index (χ2n) is 8.59. The third-order valence-electron chi connectivity index (χ3n) is 4.88. The van der Waals surface area contributed by atoms with Crippen molar-refractivity contribution in [2.45, 2.75) is 45.6 Å². The predicted octanol–water partition coefficient (Wildman–Crippen LogP) is 6.38. The minimum atomic E-state index is -0.587. The Labute approximate surface area is 185 Å². The van der Waals surface area contributed by atoms with Crippen molar-refractivity contribution in [3.8, 4) is 0 Å². The molecule has 2 aromatic carbocycles. The lowest BCUT2D eigenvalue weighted by Gasteiger charge is -2.34. The number of hydrazine groups is 1. The van der Waals surface area contributed by atoms with E-state index in [0.717, 1.165) is 30.2 Å². The molecule has 1 aliphatic heterocycles. The third kappa shape index (κ3) is 6.92. The van der Waals surface area contributed by atoms with Gasteiger partial charge in [-0.3, -0.25) is 0 Å². The highest BCUT2D eigenvalue weighted by molar-refractivity contribution is 5.81. The SMILES string of the molecule is CC(C)(C)OC(=O)NN(c1ccccccccc1)c1ccccc1N1CCCCC1. The molecule has 3 rings (SSSR count). The zero-order chi connectivity index (χ0) is 22.1. The molecule has 0 unspecified atom stereocenters. The Hall–Kier alpha value is -3.21. The molecule has 1 N–H and O–H groups in total. The number of ether oxygens (including phenoxy) is 1. The number of para-hydroxylation sites is 2. The van der Waals surface area contributed by atoms with Gasteiger partial charge in [0.15, 0.2) is 0 Å². The molecule has 5 nitrogen and oxygen atoms in total. The lowest BCUT2D eigenvalue weighted by atomic mass is 10.1. The average Bonchev–Trinajstić information content (AvgIpc) is 2.75. The molecule has 0 atom stereocenters. The third-order valence-corrected chi connectivity index (χ3v) is 4.88. The number of nitrogens with one attached hydrogen (secondary N) is 1.